The van der Waals surface area contributed by atoms with E-state index in [2.05, 4.69) is 20.9 Å². The summed E-state index contributed by atoms with van der Waals surface area (Å²) >= 11 is 1.97. The lowest BCUT2D eigenvalue weighted by atomic mass is 10.2. The standard InChI is InChI=1S/C16H23FN4OS/c1-2-18-16(19-10-14-7-4-8-23-14)20-11-15(22)21-13-6-3-5-12(17)9-13/h3,5-6,9,14H,2,4,7-8,10-11H2,1H3,(H,21,22)(H2,18,19,20). The number of carbonyl (C=O) groups is 1. The molecule has 5 nitrogen and oxygen atoms in total. The predicted molar refractivity (Wildman–Crippen MR) is 94.5 cm³/mol. The number of thioether (sulfide) groups is 1. The van der Waals surface area contributed by atoms with Crippen LogP contribution >= 0.6 is 11.8 Å². The Labute approximate surface area is 140 Å². The summed E-state index contributed by atoms with van der Waals surface area (Å²) in [5.74, 6) is 1.20. The third kappa shape index (κ3) is 6.48. The molecule has 1 atom stereocenters. The fourth-order valence-corrected chi connectivity index (χ4v) is 3.48. The van der Waals surface area contributed by atoms with Crippen molar-refractivity contribution >= 4 is 29.3 Å². The van der Waals surface area contributed by atoms with E-state index in [0.717, 1.165) is 13.1 Å². The molecule has 1 heterocycles. The highest BCUT2D eigenvalue weighted by atomic mass is 32.2. The molecular formula is C16H23FN4OS. The van der Waals surface area contributed by atoms with Crippen LogP contribution in [-0.2, 0) is 4.79 Å². The molecule has 23 heavy (non-hydrogen) atoms. The van der Waals surface area contributed by atoms with E-state index in [1.807, 2.05) is 18.7 Å². The summed E-state index contributed by atoms with van der Waals surface area (Å²) in [7, 11) is 0. The number of hydrogen-bond donors (Lipinski definition) is 3. The first-order valence-electron chi connectivity index (χ1n) is 7.86. The van der Waals surface area contributed by atoms with E-state index >= 15 is 0 Å². The predicted octanol–water partition coefficient (Wildman–Crippen LogP) is 2.21. The zero-order chi connectivity index (χ0) is 16.5. The molecule has 1 fully saturated rings. The summed E-state index contributed by atoms with van der Waals surface area (Å²) in [6.45, 7) is 3.55. The molecule has 126 valence electrons. The summed E-state index contributed by atoms with van der Waals surface area (Å²) in [6, 6.07) is 5.81. The zero-order valence-electron chi connectivity index (χ0n) is 13.3. The minimum absolute atomic E-state index is 0.0103. The van der Waals surface area contributed by atoms with Gasteiger partial charge in [0.25, 0.3) is 0 Å². The maximum atomic E-state index is 13.1. The van der Waals surface area contributed by atoms with Crippen molar-refractivity contribution in [2.75, 3.05) is 30.7 Å². The molecule has 0 saturated carbocycles. The first kappa shape index (κ1) is 17.6. The minimum Gasteiger partial charge on any atom is -0.357 e. The smallest absolute Gasteiger partial charge is 0.246 e. The van der Waals surface area contributed by atoms with E-state index in [1.54, 1.807) is 12.1 Å². The van der Waals surface area contributed by atoms with Crippen LogP contribution in [0.1, 0.15) is 19.8 Å². The van der Waals surface area contributed by atoms with Gasteiger partial charge < -0.3 is 16.0 Å². The fourth-order valence-electron chi connectivity index (χ4n) is 2.28. The van der Waals surface area contributed by atoms with Gasteiger partial charge in [-0.2, -0.15) is 11.8 Å². The Morgan fingerprint density at radius 3 is 3.00 bits per heavy atom. The average molecular weight is 338 g/mol. The van der Waals surface area contributed by atoms with Gasteiger partial charge in [-0.1, -0.05) is 6.07 Å². The number of anilines is 1. The lowest BCUT2D eigenvalue weighted by Gasteiger charge is -2.14. The molecule has 3 N–H and O–H groups in total. The molecule has 1 aliphatic heterocycles. The van der Waals surface area contributed by atoms with Gasteiger partial charge in [0.1, 0.15) is 12.4 Å². The number of aliphatic imine (C=N–C) groups is 1. The first-order valence-corrected chi connectivity index (χ1v) is 8.91. The maximum Gasteiger partial charge on any atom is 0.246 e. The van der Waals surface area contributed by atoms with Crippen LogP contribution in [0.5, 0.6) is 0 Å². The third-order valence-corrected chi connectivity index (χ3v) is 4.75. The molecule has 1 aliphatic rings. The second kappa shape index (κ2) is 9.39. The number of carbonyl (C=O) groups excluding carboxylic acids is 1. The Morgan fingerprint density at radius 1 is 1.43 bits per heavy atom. The van der Waals surface area contributed by atoms with Gasteiger partial charge in [0.2, 0.25) is 5.91 Å². The van der Waals surface area contributed by atoms with E-state index < -0.39 is 0 Å². The van der Waals surface area contributed by atoms with E-state index in [9.17, 15) is 9.18 Å². The minimum atomic E-state index is -0.379. The fraction of sp³-hybridized carbons (Fsp3) is 0.500. The van der Waals surface area contributed by atoms with Crippen LogP contribution < -0.4 is 16.0 Å². The zero-order valence-corrected chi connectivity index (χ0v) is 14.1. The van der Waals surface area contributed by atoms with E-state index in [4.69, 9.17) is 0 Å². The Balaban J connectivity index is 1.82. The Morgan fingerprint density at radius 2 is 2.30 bits per heavy atom. The topological polar surface area (TPSA) is 65.5 Å². The molecule has 0 radical (unpaired) electrons. The van der Waals surface area contributed by atoms with Gasteiger partial charge in [0.05, 0.1) is 0 Å². The van der Waals surface area contributed by atoms with E-state index in [1.165, 1.54) is 30.7 Å². The molecule has 1 aromatic carbocycles. The molecule has 1 unspecified atom stereocenters. The van der Waals surface area contributed by atoms with Crippen LogP contribution in [0.4, 0.5) is 10.1 Å². The number of guanidine groups is 1. The van der Waals surface area contributed by atoms with Gasteiger partial charge in [-0.15, -0.1) is 0 Å². The third-order valence-electron chi connectivity index (χ3n) is 3.35. The molecular weight excluding hydrogens is 315 g/mol. The quantitative estimate of drug-likeness (QED) is 0.550. The number of halogens is 1. The van der Waals surface area contributed by atoms with Crippen molar-refractivity contribution in [1.82, 2.24) is 10.6 Å². The van der Waals surface area contributed by atoms with Gasteiger partial charge in [-0.3, -0.25) is 4.79 Å². The van der Waals surface area contributed by atoms with Crippen LogP contribution in [0.3, 0.4) is 0 Å². The first-order chi connectivity index (χ1) is 11.2. The molecule has 0 aromatic heterocycles. The van der Waals surface area contributed by atoms with Gasteiger partial charge in [-0.25, -0.2) is 9.38 Å². The van der Waals surface area contributed by atoms with Gasteiger partial charge in [0.15, 0.2) is 5.96 Å². The second-order valence-corrected chi connectivity index (χ2v) is 6.68. The lowest BCUT2D eigenvalue weighted by Crippen LogP contribution is -2.40. The molecule has 2 rings (SSSR count). The Kier molecular flexibility index (Phi) is 7.19. The highest BCUT2D eigenvalue weighted by Gasteiger charge is 2.15. The number of nitrogens with one attached hydrogen (secondary N) is 3. The molecule has 0 bridgehead atoms. The highest BCUT2D eigenvalue weighted by Crippen LogP contribution is 2.25. The lowest BCUT2D eigenvalue weighted by molar-refractivity contribution is -0.114. The number of hydrogen-bond acceptors (Lipinski definition) is 3. The number of rotatable bonds is 6. The number of nitrogens with zero attached hydrogens (tertiary/aromatic N) is 1. The van der Waals surface area contributed by atoms with E-state index in [0.29, 0.717) is 16.9 Å². The summed E-state index contributed by atoms with van der Waals surface area (Å²) in [6.07, 6.45) is 2.48. The van der Waals surface area contributed by atoms with Crippen molar-refractivity contribution in [1.29, 1.82) is 0 Å². The van der Waals surface area contributed by atoms with Crippen molar-refractivity contribution < 1.29 is 9.18 Å². The highest BCUT2D eigenvalue weighted by molar-refractivity contribution is 8.00. The van der Waals surface area contributed by atoms with Crippen molar-refractivity contribution in [2.45, 2.75) is 25.0 Å². The molecule has 0 aliphatic carbocycles. The van der Waals surface area contributed by atoms with Crippen LogP contribution in [0.15, 0.2) is 29.3 Å². The molecule has 1 saturated heterocycles. The average Bonchev–Trinajstić information content (AvgIpc) is 3.03. The molecule has 7 heteroatoms. The van der Waals surface area contributed by atoms with Gasteiger partial charge in [0, 0.05) is 24.0 Å². The summed E-state index contributed by atoms with van der Waals surface area (Å²) in [4.78, 5) is 16.2. The van der Waals surface area contributed by atoms with Crippen LogP contribution in [-0.4, -0.2) is 42.5 Å². The van der Waals surface area contributed by atoms with Crippen molar-refractivity contribution in [3.8, 4) is 0 Å². The summed E-state index contributed by atoms with van der Waals surface area (Å²) in [5, 5.41) is 9.64. The largest absolute Gasteiger partial charge is 0.357 e. The van der Waals surface area contributed by atoms with E-state index in [-0.39, 0.29) is 18.3 Å². The normalized spacial score (nSPS) is 17.8. The van der Waals surface area contributed by atoms with Crippen molar-refractivity contribution in [2.24, 2.45) is 4.99 Å². The summed E-state index contributed by atoms with van der Waals surface area (Å²) in [5.41, 5.74) is 0.436. The summed E-state index contributed by atoms with van der Waals surface area (Å²) < 4.78 is 13.1. The van der Waals surface area contributed by atoms with Crippen LogP contribution in [0.25, 0.3) is 0 Å². The number of amides is 1. The monoisotopic (exact) mass is 338 g/mol. The molecule has 1 aromatic rings. The maximum absolute atomic E-state index is 13.1. The van der Waals surface area contributed by atoms with Crippen LogP contribution in [0, 0.1) is 5.82 Å². The SMILES string of the molecule is CCNC(=NCC(=O)Nc1cccc(F)c1)NCC1CCCS1. The molecule has 1 amide bonds. The Bertz CT molecular complexity index is 547. The molecule has 0 spiro atoms. The van der Waals surface area contributed by atoms with Crippen molar-refractivity contribution in [3.63, 3.8) is 0 Å². The Hall–Kier alpha value is -1.76. The van der Waals surface area contributed by atoms with Crippen LogP contribution in [0.2, 0.25) is 0 Å². The second-order valence-electron chi connectivity index (χ2n) is 5.27. The number of benzene rings is 1. The van der Waals surface area contributed by atoms with Crippen molar-refractivity contribution in [3.05, 3.63) is 30.1 Å². The van der Waals surface area contributed by atoms with Gasteiger partial charge >= 0.3 is 0 Å². The van der Waals surface area contributed by atoms with Gasteiger partial charge in [-0.05, 0) is 43.7 Å².